The zero-order chi connectivity index (χ0) is 7.98. The first kappa shape index (κ1) is 9.21. The normalized spacial score (nSPS) is 11.0. The lowest BCUT2D eigenvalue weighted by molar-refractivity contribution is 0.850. The maximum absolute atomic E-state index is 4.14. The molecule has 2 nitrogen and oxygen atoms in total. The fourth-order valence-corrected chi connectivity index (χ4v) is 0.550. The lowest BCUT2D eigenvalue weighted by Crippen LogP contribution is -2.08. The van der Waals surface area contributed by atoms with Gasteiger partial charge in [0.25, 0.3) is 0 Å². The van der Waals surface area contributed by atoms with Crippen LogP contribution in [-0.4, -0.2) is 12.3 Å². The number of rotatable bonds is 3. The predicted octanol–water partition coefficient (Wildman–Crippen LogP) is 1.94. The minimum atomic E-state index is 0.959. The molecular formula is C8H16N2. The van der Waals surface area contributed by atoms with Crippen LogP contribution in [0.15, 0.2) is 16.9 Å². The first-order valence-corrected chi connectivity index (χ1v) is 3.58. The van der Waals surface area contributed by atoms with Crippen LogP contribution in [0.2, 0.25) is 0 Å². The van der Waals surface area contributed by atoms with E-state index in [1.807, 2.05) is 27.0 Å². The van der Waals surface area contributed by atoms with E-state index in [0.29, 0.717) is 0 Å². The van der Waals surface area contributed by atoms with Crippen molar-refractivity contribution in [2.24, 2.45) is 4.99 Å². The van der Waals surface area contributed by atoms with E-state index in [2.05, 4.69) is 17.2 Å². The molecule has 0 unspecified atom stereocenters. The summed E-state index contributed by atoms with van der Waals surface area (Å²) in [6, 6.07) is 0. The number of hydrogen-bond acceptors (Lipinski definition) is 2. The van der Waals surface area contributed by atoms with Crippen molar-refractivity contribution in [3.8, 4) is 0 Å². The second-order valence-corrected chi connectivity index (χ2v) is 2.42. The van der Waals surface area contributed by atoms with Crippen LogP contribution >= 0.6 is 0 Å². The summed E-state index contributed by atoms with van der Waals surface area (Å²) in [7, 11) is 0. The molecule has 0 rings (SSSR count). The third-order valence-corrected chi connectivity index (χ3v) is 0.972. The number of nitrogens with zero attached hydrogens (tertiary/aromatic N) is 1. The summed E-state index contributed by atoms with van der Waals surface area (Å²) in [6.45, 7) is 9.00. The summed E-state index contributed by atoms with van der Waals surface area (Å²) in [6.07, 6.45) is 1.85. The minimum Gasteiger partial charge on any atom is -0.388 e. The molecule has 58 valence electrons. The maximum atomic E-state index is 4.14. The van der Waals surface area contributed by atoms with Gasteiger partial charge in [-0.25, -0.2) is 0 Å². The molecule has 0 fully saturated rings. The van der Waals surface area contributed by atoms with E-state index in [4.69, 9.17) is 0 Å². The monoisotopic (exact) mass is 140 g/mol. The molecule has 0 atom stereocenters. The Morgan fingerprint density at radius 2 is 2.00 bits per heavy atom. The van der Waals surface area contributed by atoms with Gasteiger partial charge in [0.1, 0.15) is 0 Å². The van der Waals surface area contributed by atoms with Crippen molar-refractivity contribution in [3.05, 3.63) is 11.9 Å². The van der Waals surface area contributed by atoms with Crippen molar-refractivity contribution in [2.45, 2.75) is 27.7 Å². The van der Waals surface area contributed by atoms with E-state index in [0.717, 1.165) is 18.0 Å². The summed E-state index contributed by atoms with van der Waals surface area (Å²) < 4.78 is 0. The summed E-state index contributed by atoms with van der Waals surface area (Å²) in [5.41, 5.74) is 2.20. The molecule has 0 aromatic heterocycles. The van der Waals surface area contributed by atoms with Gasteiger partial charge in [0, 0.05) is 24.2 Å². The van der Waals surface area contributed by atoms with Crippen LogP contribution in [0.1, 0.15) is 27.7 Å². The molecule has 0 aliphatic heterocycles. The van der Waals surface area contributed by atoms with E-state index in [9.17, 15) is 0 Å². The Bertz CT molecular complexity index is 141. The third kappa shape index (κ3) is 5.35. The molecule has 0 spiro atoms. The number of allylic oxidation sites excluding steroid dienone is 1. The first-order valence-electron chi connectivity index (χ1n) is 3.58. The van der Waals surface area contributed by atoms with Gasteiger partial charge in [-0.2, -0.15) is 0 Å². The summed E-state index contributed by atoms with van der Waals surface area (Å²) in [5.74, 6) is 0. The summed E-state index contributed by atoms with van der Waals surface area (Å²) in [5, 5.41) is 3.15. The van der Waals surface area contributed by atoms with E-state index >= 15 is 0 Å². The number of aliphatic imine (C=N–C) groups is 1. The number of nitrogens with one attached hydrogen (secondary N) is 1. The molecule has 0 radical (unpaired) electrons. The van der Waals surface area contributed by atoms with E-state index in [-0.39, 0.29) is 0 Å². The highest BCUT2D eigenvalue weighted by molar-refractivity contribution is 5.79. The first-order chi connectivity index (χ1) is 4.66. The highest BCUT2D eigenvalue weighted by Gasteiger charge is 1.80. The average molecular weight is 140 g/mol. The van der Waals surface area contributed by atoms with E-state index < -0.39 is 0 Å². The third-order valence-electron chi connectivity index (χ3n) is 0.972. The molecule has 0 bridgehead atoms. The molecule has 0 aliphatic rings. The van der Waals surface area contributed by atoms with Crippen molar-refractivity contribution < 1.29 is 0 Å². The Morgan fingerprint density at radius 3 is 2.40 bits per heavy atom. The quantitative estimate of drug-likeness (QED) is 0.595. The molecule has 0 aliphatic carbocycles. The van der Waals surface area contributed by atoms with Gasteiger partial charge in [0.2, 0.25) is 0 Å². The van der Waals surface area contributed by atoms with Gasteiger partial charge in [0.15, 0.2) is 0 Å². The Hall–Kier alpha value is -0.790. The smallest absolute Gasteiger partial charge is 0.0453 e. The van der Waals surface area contributed by atoms with E-state index in [1.165, 1.54) is 0 Å². The van der Waals surface area contributed by atoms with Crippen LogP contribution in [0, 0.1) is 0 Å². The average Bonchev–Trinajstić information content (AvgIpc) is 1.85. The van der Waals surface area contributed by atoms with Gasteiger partial charge in [-0.05, 0) is 27.7 Å². The highest BCUT2D eigenvalue weighted by atomic mass is 14.9. The zero-order valence-electron chi connectivity index (χ0n) is 7.23. The Morgan fingerprint density at radius 1 is 1.40 bits per heavy atom. The second kappa shape index (κ2) is 5.03. The van der Waals surface area contributed by atoms with Crippen LogP contribution in [0.3, 0.4) is 0 Å². The van der Waals surface area contributed by atoms with Crippen LogP contribution in [-0.2, 0) is 0 Å². The van der Waals surface area contributed by atoms with Crippen LogP contribution in [0.25, 0.3) is 0 Å². The molecule has 1 N–H and O–H groups in total. The Balaban J connectivity index is 3.79. The fourth-order valence-electron chi connectivity index (χ4n) is 0.550. The molecule has 10 heavy (non-hydrogen) atoms. The van der Waals surface area contributed by atoms with Crippen LogP contribution < -0.4 is 5.32 Å². The molecule has 0 amide bonds. The van der Waals surface area contributed by atoms with Gasteiger partial charge in [-0.1, -0.05) is 0 Å². The lowest BCUT2D eigenvalue weighted by Gasteiger charge is -1.98. The van der Waals surface area contributed by atoms with Gasteiger partial charge in [-0.15, -0.1) is 0 Å². The van der Waals surface area contributed by atoms with E-state index in [1.54, 1.807) is 0 Å². The van der Waals surface area contributed by atoms with Crippen molar-refractivity contribution in [1.82, 2.24) is 5.32 Å². The van der Waals surface area contributed by atoms with Crippen molar-refractivity contribution >= 4 is 5.71 Å². The lowest BCUT2D eigenvalue weighted by atomic mass is 10.5. The number of hydrogen-bond donors (Lipinski definition) is 1. The minimum absolute atomic E-state index is 0.959. The van der Waals surface area contributed by atoms with Crippen LogP contribution in [0.4, 0.5) is 0 Å². The molecule has 0 aromatic carbocycles. The van der Waals surface area contributed by atoms with Gasteiger partial charge >= 0.3 is 0 Å². The maximum Gasteiger partial charge on any atom is 0.0453 e. The largest absolute Gasteiger partial charge is 0.388 e. The predicted molar refractivity (Wildman–Crippen MR) is 46.2 cm³/mol. The molecule has 0 saturated carbocycles. The summed E-state index contributed by atoms with van der Waals surface area (Å²) >= 11 is 0. The molecule has 2 heteroatoms. The molecule has 0 aromatic rings. The molecule has 0 saturated heterocycles. The van der Waals surface area contributed by atoms with Gasteiger partial charge < -0.3 is 5.32 Å². The van der Waals surface area contributed by atoms with Crippen molar-refractivity contribution in [3.63, 3.8) is 0 Å². The topological polar surface area (TPSA) is 24.4 Å². The van der Waals surface area contributed by atoms with Crippen LogP contribution in [0.5, 0.6) is 0 Å². The van der Waals surface area contributed by atoms with Gasteiger partial charge in [-0.3, -0.25) is 4.99 Å². The summed E-state index contributed by atoms with van der Waals surface area (Å²) in [4.78, 5) is 4.14. The standard InChI is InChI=1S/C8H16N2/c1-5-9-8(4)6-10-7(2)3/h6,9H,5H2,1-4H3/b8-6-. The Kier molecular flexibility index (Phi) is 4.63. The fraction of sp³-hybridized carbons (Fsp3) is 0.625. The highest BCUT2D eigenvalue weighted by Crippen LogP contribution is 1.86. The zero-order valence-corrected chi connectivity index (χ0v) is 7.23. The second-order valence-electron chi connectivity index (χ2n) is 2.42. The molecular weight excluding hydrogens is 124 g/mol. The van der Waals surface area contributed by atoms with Crippen molar-refractivity contribution in [2.75, 3.05) is 6.54 Å². The molecule has 0 heterocycles. The Labute approximate surface area is 63.0 Å². The SMILES string of the molecule is CCN/C(C)=C\N=C(C)C. The van der Waals surface area contributed by atoms with Gasteiger partial charge in [0.05, 0.1) is 0 Å². The van der Waals surface area contributed by atoms with Crippen molar-refractivity contribution in [1.29, 1.82) is 0 Å².